The van der Waals surface area contributed by atoms with Crippen molar-refractivity contribution in [2.75, 3.05) is 19.6 Å². The van der Waals surface area contributed by atoms with Crippen LogP contribution in [0.5, 0.6) is 0 Å². The molecule has 2 heteroatoms. The van der Waals surface area contributed by atoms with Crippen molar-refractivity contribution in [3.8, 4) is 12.3 Å². The van der Waals surface area contributed by atoms with E-state index in [-0.39, 0.29) is 0 Å². The molecule has 0 bridgehead atoms. The van der Waals surface area contributed by atoms with Gasteiger partial charge in [-0.1, -0.05) is 5.92 Å². The normalized spacial score (nSPS) is 20.1. The predicted molar refractivity (Wildman–Crippen MR) is 34.9 cm³/mol. The first-order valence-electron chi connectivity index (χ1n) is 3.00. The average Bonchev–Trinajstić information content (AvgIpc) is 2.17. The number of ketones is 1. The van der Waals surface area contributed by atoms with E-state index >= 15 is 0 Å². The van der Waals surface area contributed by atoms with Gasteiger partial charge in [-0.25, -0.2) is 0 Å². The van der Waals surface area contributed by atoms with Gasteiger partial charge in [0.15, 0.2) is 0 Å². The minimum atomic E-state index is 0.310. The quantitative estimate of drug-likeness (QED) is 0.453. The fourth-order valence-electron chi connectivity index (χ4n) is 0.954. The molecule has 1 heterocycles. The number of hydrogen-bond acceptors (Lipinski definition) is 2. The van der Waals surface area contributed by atoms with Crippen LogP contribution < -0.4 is 0 Å². The largest absolute Gasteiger partial charge is 0.298 e. The Bertz CT molecular complexity index is 157. The Morgan fingerprint density at radius 1 is 1.78 bits per heavy atom. The second kappa shape index (κ2) is 2.65. The zero-order valence-corrected chi connectivity index (χ0v) is 5.26. The summed E-state index contributed by atoms with van der Waals surface area (Å²) in [6.45, 7) is 2.03. The van der Waals surface area contributed by atoms with Crippen molar-refractivity contribution in [3.05, 3.63) is 0 Å². The molecule has 9 heavy (non-hydrogen) atoms. The van der Waals surface area contributed by atoms with E-state index in [1.54, 1.807) is 0 Å². The van der Waals surface area contributed by atoms with Gasteiger partial charge in [0.2, 0.25) is 0 Å². The lowest BCUT2D eigenvalue weighted by molar-refractivity contribution is -0.116. The number of carbonyl (C=O) groups is 1. The fourth-order valence-corrected chi connectivity index (χ4v) is 0.954. The molecule has 0 atom stereocenters. The predicted octanol–water partition coefficient (Wildman–Crippen LogP) is -0.106. The summed E-state index contributed by atoms with van der Waals surface area (Å²) in [7, 11) is 0. The Balaban J connectivity index is 2.32. The second-order valence-corrected chi connectivity index (χ2v) is 2.20. The SMILES string of the molecule is C#CCN1CCC(=O)C1. The Kier molecular flexibility index (Phi) is 1.86. The van der Waals surface area contributed by atoms with Crippen molar-refractivity contribution in [3.63, 3.8) is 0 Å². The van der Waals surface area contributed by atoms with E-state index in [2.05, 4.69) is 5.92 Å². The minimum absolute atomic E-state index is 0.310. The van der Waals surface area contributed by atoms with E-state index in [1.165, 1.54) is 0 Å². The Morgan fingerprint density at radius 2 is 2.56 bits per heavy atom. The number of Topliss-reactive ketones (excluding diaryl/α,β-unsaturated/α-hetero) is 1. The zero-order chi connectivity index (χ0) is 6.69. The third kappa shape index (κ3) is 1.55. The molecule has 2 nitrogen and oxygen atoms in total. The number of rotatable bonds is 1. The maximum atomic E-state index is 10.6. The van der Waals surface area contributed by atoms with Crippen LogP contribution in [0.2, 0.25) is 0 Å². The third-order valence-electron chi connectivity index (χ3n) is 1.42. The highest BCUT2D eigenvalue weighted by atomic mass is 16.1. The van der Waals surface area contributed by atoms with Crippen LogP contribution in [-0.4, -0.2) is 30.3 Å². The van der Waals surface area contributed by atoms with Gasteiger partial charge in [-0.15, -0.1) is 6.42 Å². The van der Waals surface area contributed by atoms with Crippen LogP contribution in [0, 0.1) is 12.3 Å². The summed E-state index contributed by atoms with van der Waals surface area (Å²) in [6, 6.07) is 0. The lowest BCUT2D eigenvalue weighted by atomic mass is 10.4. The van der Waals surface area contributed by atoms with Gasteiger partial charge in [-0.3, -0.25) is 9.69 Å². The summed E-state index contributed by atoms with van der Waals surface area (Å²) in [5.74, 6) is 2.81. The fraction of sp³-hybridized carbons (Fsp3) is 0.571. The first-order chi connectivity index (χ1) is 4.33. The van der Waals surface area contributed by atoms with Crippen LogP contribution in [0.4, 0.5) is 0 Å². The highest BCUT2D eigenvalue weighted by Gasteiger charge is 2.17. The molecule has 0 saturated carbocycles. The molecular weight excluding hydrogens is 114 g/mol. The van der Waals surface area contributed by atoms with E-state index in [4.69, 9.17) is 6.42 Å². The van der Waals surface area contributed by atoms with Gasteiger partial charge in [0.05, 0.1) is 13.1 Å². The van der Waals surface area contributed by atoms with Gasteiger partial charge in [0, 0.05) is 13.0 Å². The molecule has 0 radical (unpaired) electrons. The van der Waals surface area contributed by atoms with Crippen molar-refractivity contribution in [2.24, 2.45) is 0 Å². The van der Waals surface area contributed by atoms with Crippen molar-refractivity contribution >= 4 is 5.78 Å². The summed E-state index contributed by atoms with van der Waals surface area (Å²) in [4.78, 5) is 12.6. The van der Waals surface area contributed by atoms with E-state index in [0.29, 0.717) is 25.3 Å². The van der Waals surface area contributed by atoms with Crippen LogP contribution in [-0.2, 0) is 4.79 Å². The lowest BCUT2D eigenvalue weighted by Gasteiger charge is -2.06. The lowest BCUT2D eigenvalue weighted by Crippen LogP contribution is -2.20. The Labute approximate surface area is 54.8 Å². The van der Waals surface area contributed by atoms with Crippen LogP contribution in [0.25, 0.3) is 0 Å². The third-order valence-corrected chi connectivity index (χ3v) is 1.42. The minimum Gasteiger partial charge on any atom is -0.298 e. The zero-order valence-electron chi connectivity index (χ0n) is 5.26. The molecule has 0 aliphatic carbocycles. The number of hydrogen-bond donors (Lipinski definition) is 0. The highest BCUT2D eigenvalue weighted by molar-refractivity contribution is 5.82. The van der Waals surface area contributed by atoms with E-state index < -0.39 is 0 Å². The summed E-state index contributed by atoms with van der Waals surface area (Å²) in [5, 5.41) is 0. The molecule has 0 N–H and O–H groups in total. The first kappa shape index (κ1) is 6.31. The molecule has 0 aromatic carbocycles. The van der Waals surface area contributed by atoms with Crippen LogP contribution >= 0.6 is 0 Å². The highest BCUT2D eigenvalue weighted by Crippen LogP contribution is 2.01. The van der Waals surface area contributed by atoms with Gasteiger partial charge in [-0.05, 0) is 0 Å². The van der Waals surface area contributed by atoms with Crippen molar-refractivity contribution in [1.29, 1.82) is 0 Å². The number of terminal acetylenes is 1. The van der Waals surface area contributed by atoms with Gasteiger partial charge in [0.25, 0.3) is 0 Å². The molecule has 0 amide bonds. The summed E-state index contributed by atoms with van der Waals surface area (Å²) < 4.78 is 0. The maximum Gasteiger partial charge on any atom is 0.148 e. The van der Waals surface area contributed by atoms with E-state index in [0.717, 1.165) is 6.54 Å². The smallest absolute Gasteiger partial charge is 0.148 e. The molecule has 48 valence electrons. The second-order valence-electron chi connectivity index (χ2n) is 2.20. The van der Waals surface area contributed by atoms with Crippen LogP contribution in [0.3, 0.4) is 0 Å². The number of nitrogens with zero attached hydrogens (tertiary/aromatic N) is 1. The molecular formula is C7H9NO. The molecule has 1 aliphatic heterocycles. The van der Waals surface area contributed by atoms with Gasteiger partial charge < -0.3 is 0 Å². The Hall–Kier alpha value is -0.810. The van der Waals surface area contributed by atoms with E-state index in [9.17, 15) is 4.79 Å². The summed E-state index contributed by atoms with van der Waals surface area (Å²) >= 11 is 0. The maximum absolute atomic E-state index is 10.6. The van der Waals surface area contributed by atoms with Crippen molar-refractivity contribution in [1.82, 2.24) is 4.90 Å². The topological polar surface area (TPSA) is 20.3 Å². The van der Waals surface area contributed by atoms with Crippen molar-refractivity contribution < 1.29 is 4.79 Å². The number of carbonyl (C=O) groups excluding carboxylic acids is 1. The number of likely N-dealkylation sites (tertiary alicyclic amines) is 1. The molecule has 0 aromatic heterocycles. The Morgan fingerprint density at radius 3 is 3.00 bits per heavy atom. The summed E-state index contributed by atoms with van der Waals surface area (Å²) in [5.41, 5.74) is 0. The monoisotopic (exact) mass is 123 g/mol. The van der Waals surface area contributed by atoms with E-state index in [1.807, 2.05) is 4.90 Å². The van der Waals surface area contributed by atoms with Crippen LogP contribution in [0.1, 0.15) is 6.42 Å². The van der Waals surface area contributed by atoms with Gasteiger partial charge >= 0.3 is 0 Å². The molecule has 1 aliphatic rings. The average molecular weight is 123 g/mol. The molecule has 0 spiro atoms. The van der Waals surface area contributed by atoms with Gasteiger partial charge in [0.1, 0.15) is 5.78 Å². The first-order valence-corrected chi connectivity index (χ1v) is 3.00. The molecule has 0 unspecified atom stereocenters. The van der Waals surface area contributed by atoms with Crippen molar-refractivity contribution in [2.45, 2.75) is 6.42 Å². The standard InChI is InChI=1S/C7H9NO/c1-2-4-8-5-3-7(9)6-8/h1H,3-6H2. The molecule has 1 rings (SSSR count). The van der Waals surface area contributed by atoms with Crippen LogP contribution in [0.15, 0.2) is 0 Å². The summed E-state index contributed by atoms with van der Waals surface area (Å²) in [6.07, 6.45) is 5.73. The van der Waals surface area contributed by atoms with Gasteiger partial charge in [-0.2, -0.15) is 0 Å². The molecule has 1 fully saturated rings. The molecule has 0 aromatic rings. The molecule has 1 saturated heterocycles.